The van der Waals surface area contributed by atoms with Crippen LogP contribution in [0.4, 0.5) is 11.4 Å². The molecule has 1 saturated carbocycles. The minimum absolute atomic E-state index is 0.0139. The van der Waals surface area contributed by atoms with Crippen LogP contribution in [0.15, 0.2) is 53.7 Å². The maximum absolute atomic E-state index is 12.3. The van der Waals surface area contributed by atoms with Crippen molar-refractivity contribution in [3.8, 4) is 0 Å². The van der Waals surface area contributed by atoms with Crippen molar-refractivity contribution in [2.45, 2.75) is 43.8 Å². The Morgan fingerprint density at radius 1 is 1.16 bits per heavy atom. The van der Waals surface area contributed by atoms with E-state index in [4.69, 9.17) is 0 Å². The summed E-state index contributed by atoms with van der Waals surface area (Å²) in [4.78, 5) is 22.5. The Bertz CT molecular complexity index is 1100. The van der Waals surface area contributed by atoms with Crippen LogP contribution in [0.3, 0.4) is 0 Å². The number of aromatic nitrogens is 3. The molecule has 2 aromatic carbocycles. The van der Waals surface area contributed by atoms with Crippen LogP contribution in [0.5, 0.6) is 0 Å². The van der Waals surface area contributed by atoms with Crippen LogP contribution in [0.1, 0.15) is 42.1 Å². The first-order valence-corrected chi connectivity index (χ1v) is 11.1. The molecule has 3 aromatic rings. The Morgan fingerprint density at radius 2 is 1.87 bits per heavy atom. The number of non-ortho nitro benzene ring substituents is 1. The number of amides is 1. The number of nitro benzene ring substituents is 1. The Kier molecular flexibility index (Phi) is 6.03. The third kappa shape index (κ3) is 4.77. The fourth-order valence-electron chi connectivity index (χ4n) is 3.63. The number of nitro groups is 1. The summed E-state index contributed by atoms with van der Waals surface area (Å²) in [5.41, 5.74) is 3.09. The maximum Gasteiger partial charge on any atom is 0.269 e. The lowest BCUT2D eigenvalue weighted by Crippen LogP contribution is -2.14. The average Bonchev–Trinajstić information content (AvgIpc) is 3.44. The second kappa shape index (κ2) is 8.89. The van der Waals surface area contributed by atoms with E-state index in [1.54, 1.807) is 0 Å². The Hall–Kier alpha value is -3.20. The first kappa shape index (κ1) is 21.0. The normalized spacial score (nSPS) is 17.4. The molecule has 0 bridgehead atoms. The van der Waals surface area contributed by atoms with Gasteiger partial charge in [0, 0.05) is 30.3 Å². The summed E-state index contributed by atoms with van der Waals surface area (Å²) in [5, 5.41) is 22.9. The number of nitrogens with zero attached hydrogens (tertiary/aromatic N) is 4. The Labute approximate surface area is 184 Å². The van der Waals surface area contributed by atoms with E-state index in [0.717, 1.165) is 23.9 Å². The molecule has 2 atom stereocenters. The van der Waals surface area contributed by atoms with Gasteiger partial charge in [-0.15, -0.1) is 10.2 Å². The third-order valence-electron chi connectivity index (χ3n) is 5.38. The molecule has 1 heterocycles. The molecule has 0 radical (unpaired) electrons. The number of carbonyl (C=O) groups excluding carboxylic acids is 1. The van der Waals surface area contributed by atoms with Crippen LogP contribution in [0.25, 0.3) is 0 Å². The van der Waals surface area contributed by atoms with Crippen molar-refractivity contribution in [1.82, 2.24) is 14.8 Å². The highest BCUT2D eigenvalue weighted by molar-refractivity contribution is 7.99. The van der Waals surface area contributed by atoms with E-state index < -0.39 is 4.92 Å². The van der Waals surface area contributed by atoms with E-state index >= 15 is 0 Å². The van der Waals surface area contributed by atoms with Crippen LogP contribution >= 0.6 is 11.8 Å². The van der Waals surface area contributed by atoms with Crippen LogP contribution in [0, 0.1) is 17.0 Å². The van der Waals surface area contributed by atoms with E-state index in [-0.39, 0.29) is 17.3 Å². The van der Waals surface area contributed by atoms with Crippen molar-refractivity contribution >= 4 is 29.0 Å². The van der Waals surface area contributed by atoms with Gasteiger partial charge in [0.15, 0.2) is 5.16 Å². The highest BCUT2D eigenvalue weighted by atomic mass is 32.2. The summed E-state index contributed by atoms with van der Waals surface area (Å²) in [6.07, 6.45) is 1.06. The zero-order valence-electron chi connectivity index (χ0n) is 17.3. The van der Waals surface area contributed by atoms with Gasteiger partial charge in [0.2, 0.25) is 5.91 Å². The number of thioether (sulfide) groups is 1. The Balaban J connectivity index is 1.36. The van der Waals surface area contributed by atoms with Crippen LogP contribution in [0.2, 0.25) is 0 Å². The second-order valence-corrected chi connectivity index (χ2v) is 8.53. The van der Waals surface area contributed by atoms with E-state index in [1.165, 1.54) is 47.2 Å². The molecule has 1 fully saturated rings. The molecule has 0 spiro atoms. The smallest absolute Gasteiger partial charge is 0.269 e. The monoisotopic (exact) mass is 437 g/mol. The molecule has 0 aliphatic heterocycles. The lowest BCUT2D eigenvalue weighted by atomic mass is 10.1. The Morgan fingerprint density at radius 3 is 2.52 bits per heavy atom. The molecule has 1 aromatic heterocycles. The molecule has 1 N–H and O–H groups in total. The molecule has 8 nitrogen and oxygen atoms in total. The van der Waals surface area contributed by atoms with Crippen molar-refractivity contribution < 1.29 is 9.72 Å². The maximum atomic E-state index is 12.3. The van der Waals surface area contributed by atoms with Gasteiger partial charge in [0.1, 0.15) is 5.82 Å². The lowest BCUT2D eigenvalue weighted by molar-refractivity contribution is -0.384. The number of aryl methyl sites for hydroxylation is 1. The minimum atomic E-state index is -0.472. The first-order chi connectivity index (χ1) is 15.0. The zero-order chi connectivity index (χ0) is 22.0. The third-order valence-corrected chi connectivity index (χ3v) is 6.35. The molecule has 1 amide bonds. The van der Waals surface area contributed by atoms with Gasteiger partial charge in [-0.2, -0.15) is 0 Å². The minimum Gasteiger partial charge on any atom is -0.325 e. The van der Waals surface area contributed by atoms with Gasteiger partial charge in [-0.05, 0) is 43.9 Å². The predicted molar refractivity (Wildman–Crippen MR) is 119 cm³/mol. The van der Waals surface area contributed by atoms with Gasteiger partial charge in [0.25, 0.3) is 5.69 Å². The second-order valence-electron chi connectivity index (χ2n) is 7.59. The summed E-state index contributed by atoms with van der Waals surface area (Å²) in [6, 6.07) is 14.4. The molecule has 160 valence electrons. The molecule has 9 heteroatoms. The molecule has 0 unspecified atom stereocenters. The topological polar surface area (TPSA) is 103 Å². The van der Waals surface area contributed by atoms with Gasteiger partial charge in [0.05, 0.1) is 10.7 Å². The lowest BCUT2D eigenvalue weighted by Gasteiger charge is -2.08. The highest BCUT2D eigenvalue weighted by Crippen LogP contribution is 2.54. The summed E-state index contributed by atoms with van der Waals surface area (Å²) in [6.45, 7) is 4.88. The van der Waals surface area contributed by atoms with Gasteiger partial charge < -0.3 is 9.88 Å². The summed E-state index contributed by atoms with van der Waals surface area (Å²) >= 11 is 1.34. The van der Waals surface area contributed by atoms with E-state index in [9.17, 15) is 14.9 Å². The quantitative estimate of drug-likeness (QED) is 0.316. The van der Waals surface area contributed by atoms with Crippen molar-refractivity contribution in [2.24, 2.45) is 0 Å². The summed E-state index contributed by atoms with van der Waals surface area (Å²) < 4.78 is 2.09. The van der Waals surface area contributed by atoms with E-state index in [0.29, 0.717) is 17.5 Å². The molecule has 4 rings (SSSR count). The number of nitrogens with one attached hydrogen (secondary N) is 1. The van der Waals surface area contributed by atoms with Crippen LogP contribution < -0.4 is 5.32 Å². The van der Waals surface area contributed by atoms with Gasteiger partial charge >= 0.3 is 0 Å². The molecule has 1 aliphatic carbocycles. The van der Waals surface area contributed by atoms with Gasteiger partial charge in [-0.3, -0.25) is 14.9 Å². The zero-order valence-corrected chi connectivity index (χ0v) is 18.1. The number of rotatable bonds is 8. The molecule has 31 heavy (non-hydrogen) atoms. The SMILES string of the molecule is CCn1c(SCC(=O)Nc2ccc([N+](=O)[O-])cc2)nnc1[C@H]1C[C@H]1c1ccc(C)cc1. The number of hydrogen-bond acceptors (Lipinski definition) is 6. The average molecular weight is 438 g/mol. The standard InChI is InChI=1S/C22H23N5O3S/c1-3-26-21(19-12-18(19)15-6-4-14(2)5-7-15)24-25-22(26)31-13-20(28)23-16-8-10-17(11-9-16)27(29)30/h4-11,18-19H,3,12-13H2,1-2H3,(H,23,28)/t18-,19-/m0/s1. The number of carbonyl (C=O) groups is 1. The number of hydrogen-bond donors (Lipinski definition) is 1. The molecule has 1 aliphatic rings. The van der Waals surface area contributed by atoms with Crippen LogP contribution in [-0.2, 0) is 11.3 Å². The first-order valence-electron chi connectivity index (χ1n) is 10.1. The highest BCUT2D eigenvalue weighted by Gasteiger charge is 2.43. The molecular weight excluding hydrogens is 414 g/mol. The van der Waals surface area contributed by atoms with Gasteiger partial charge in [-0.25, -0.2) is 0 Å². The number of benzene rings is 2. The fraction of sp³-hybridized carbons (Fsp3) is 0.318. The fourth-order valence-corrected chi connectivity index (χ4v) is 4.44. The summed E-state index contributed by atoms with van der Waals surface area (Å²) in [5.74, 6) is 1.79. The predicted octanol–water partition coefficient (Wildman–Crippen LogP) is 4.52. The van der Waals surface area contributed by atoms with Crippen LogP contribution in [-0.4, -0.2) is 31.3 Å². The number of anilines is 1. The van der Waals surface area contributed by atoms with Crippen molar-refractivity contribution in [2.75, 3.05) is 11.1 Å². The van der Waals surface area contributed by atoms with Crippen molar-refractivity contribution in [1.29, 1.82) is 0 Å². The van der Waals surface area contributed by atoms with Gasteiger partial charge in [-0.1, -0.05) is 41.6 Å². The van der Waals surface area contributed by atoms with E-state index in [2.05, 4.69) is 58.2 Å². The largest absolute Gasteiger partial charge is 0.325 e. The molecular formula is C22H23N5O3S. The van der Waals surface area contributed by atoms with E-state index in [1.807, 2.05) is 0 Å². The molecule has 0 saturated heterocycles. The van der Waals surface area contributed by atoms with Crippen molar-refractivity contribution in [3.05, 3.63) is 75.6 Å². The summed E-state index contributed by atoms with van der Waals surface area (Å²) in [7, 11) is 0. The van der Waals surface area contributed by atoms with Crippen molar-refractivity contribution in [3.63, 3.8) is 0 Å².